The van der Waals surface area contributed by atoms with Crippen LogP contribution < -0.4 is 10.6 Å². The van der Waals surface area contributed by atoms with E-state index in [-0.39, 0.29) is 0 Å². The number of hydrogen-bond acceptors (Lipinski definition) is 3. The zero-order valence-electron chi connectivity index (χ0n) is 8.98. The van der Waals surface area contributed by atoms with Gasteiger partial charge in [-0.2, -0.15) is 0 Å². The van der Waals surface area contributed by atoms with Gasteiger partial charge >= 0.3 is 0 Å². The first-order valence-electron chi connectivity index (χ1n) is 4.95. The Labute approximate surface area is 108 Å². The summed E-state index contributed by atoms with van der Waals surface area (Å²) in [5.41, 5.74) is 9.12. The lowest BCUT2D eigenvalue weighted by atomic mass is 10.2. The quantitative estimate of drug-likeness (QED) is 0.875. The first kappa shape index (κ1) is 11.5. The average molecular weight is 297 g/mol. The minimum Gasteiger partial charge on any atom is -0.397 e. The summed E-state index contributed by atoms with van der Waals surface area (Å²) in [6, 6.07) is 10.1. The predicted octanol–water partition coefficient (Wildman–Crippen LogP) is 3.73. The van der Waals surface area contributed by atoms with Crippen LogP contribution in [0.2, 0.25) is 0 Å². The van der Waals surface area contributed by atoms with Gasteiger partial charge in [0.2, 0.25) is 0 Å². The number of benzene rings is 1. The zero-order chi connectivity index (χ0) is 11.5. The van der Waals surface area contributed by atoms with E-state index in [1.807, 2.05) is 24.3 Å². The largest absolute Gasteiger partial charge is 0.397 e. The lowest BCUT2D eigenvalue weighted by molar-refractivity contribution is 0.929. The summed E-state index contributed by atoms with van der Waals surface area (Å²) in [5.74, 6) is 0. The number of halogens is 1. The van der Waals surface area contributed by atoms with Crippen LogP contribution in [-0.2, 0) is 6.54 Å². The highest BCUT2D eigenvalue weighted by Gasteiger charge is 2.06. The van der Waals surface area contributed by atoms with Crippen LogP contribution in [0.15, 0.2) is 39.5 Å². The summed E-state index contributed by atoms with van der Waals surface area (Å²) in [6.45, 7) is 0.871. The van der Waals surface area contributed by atoms with Crippen molar-refractivity contribution in [2.75, 3.05) is 17.7 Å². The predicted molar refractivity (Wildman–Crippen MR) is 75.0 cm³/mol. The maximum Gasteiger partial charge on any atom is 0.0701 e. The third-order valence-electron chi connectivity index (χ3n) is 2.39. The van der Waals surface area contributed by atoms with Gasteiger partial charge in [0.25, 0.3) is 0 Å². The van der Waals surface area contributed by atoms with Crippen molar-refractivity contribution >= 4 is 38.6 Å². The lowest BCUT2D eigenvalue weighted by Crippen LogP contribution is -2.17. The van der Waals surface area contributed by atoms with Gasteiger partial charge in [0.15, 0.2) is 0 Å². The number of nitrogens with zero attached hydrogens (tertiary/aromatic N) is 1. The molecule has 4 heteroatoms. The van der Waals surface area contributed by atoms with Gasteiger partial charge in [-0.25, -0.2) is 0 Å². The fourth-order valence-corrected chi connectivity index (χ4v) is 2.82. The molecule has 0 aliphatic heterocycles. The molecule has 84 valence electrons. The van der Waals surface area contributed by atoms with E-state index in [1.165, 1.54) is 5.56 Å². The molecule has 1 aromatic heterocycles. The van der Waals surface area contributed by atoms with Gasteiger partial charge in [-0.05, 0) is 45.1 Å². The van der Waals surface area contributed by atoms with Crippen LogP contribution >= 0.6 is 27.3 Å². The molecule has 0 unspecified atom stereocenters. The smallest absolute Gasteiger partial charge is 0.0701 e. The summed E-state index contributed by atoms with van der Waals surface area (Å²) < 4.78 is 1.16. The maximum absolute atomic E-state index is 5.93. The van der Waals surface area contributed by atoms with Gasteiger partial charge in [0.1, 0.15) is 0 Å². The molecule has 1 aromatic carbocycles. The van der Waals surface area contributed by atoms with Crippen LogP contribution in [0.25, 0.3) is 0 Å². The number of para-hydroxylation sites is 2. The molecule has 2 rings (SSSR count). The van der Waals surface area contributed by atoms with E-state index < -0.39 is 0 Å². The first-order chi connectivity index (χ1) is 7.66. The SMILES string of the molecule is CN(Cc1csc(Br)c1)c1ccccc1N. The molecule has 16 heavy (non-hydrogen) atoms. The zero-order valence-corrected chi connectivity index (χ0v) is 11.4. The Hall–Kier alpha value is -1.00. The first-order valence-corrected chi connectivity index (χ1v) is 6.62. The monoisotopic (exact) mass is 296 g/mol. The van der Waals surface area contributed by atoms with E-state index in [0.717, 1.165) is 21.7 Å². The van der Waals surface area contributed by atoms with Crippen LogP contribution in [0.5, 0.6) is 0 Å². The van der Waals surface area contributed by atoms with Gasteiger partial charge < -0.3 is 10.6 Å². The third-order valence-corrected chi connectivity index (χ3v) is 3.94. The van der Waals surface area contributed by atoms with Gasteiger partial charge in [-0.1, -0.05) is 12.1 Å². The third kappa shape index (κ3) is 2.57. The van der Waals surface area contributed by atoms with Crippen LogP contribution in [-0.4, -0.2) is 7.05 Å². The Morgan fingerprint density at radius 2 is 2.12 bits per heavy atom. The minimum atomic E-state index is 0.819. The number of nitrogens with two attached hydrogens (primary N) is 1. The summed E-state index contributed by atoms with van der Waals surface area (Å²) in [4.78, 5) is 2.16. The standard InChI is InChI=1S/C12H13BrN2S/c1-15(7-9-6-12(13)16-8-9)11-5-3-2-4-10(11)14/h2-6,8H,7,14H2,1H3. The van der Waals surface area contributed by atoms with Crippen LogP contribution in [0, 0.1) is 0 Å². The molecule has 2 N–H and O–H groups in total. The number of anilines is 2. The Bertz CT molecular complexity index is 481. The van der Waals surface area contributed by atoms with Crippen LogP contribution in [0.4, 0.5) is 11.4 Å². The highest BCUT2D eigenvalue weighted by atomic mass is 79.9. The second-order valence-electron chi connectivity index (χ2n) is 3.67. The summed E-state index contributed by atoms with van der Waals surface area (Å²) >= 11 is 5.17. The molecule has 0 saturated heterocycles. The van der Waals surface area contributed by atoms with Gasteiger partial charge in [0.05, 0.1) is 15.2 Å². The molecule has 0 spiro atoms. The van der Waals surface area contributed by atoms with Crippen molar-refractivity contribution in [2.24, 2.45) is 0 Å². The molecule has 0 amide bonds. The second-order valence-corrected chi connectivity index (χ2v) is 5.96. The van der Waals surface area contributed by atoms with E-state index in [2.05, 4.69) is 39.3 Å². The van der Waals surface area contributed by atoms with Gasteiger partial charge in [0, 0.05) is 13.6 Å². The molecular formula is C12H13BrN2S. The number of thiophene rings is 1. The topological polar surface area (TPSA) is 29.3 Å². The molecule has 2 aromatic rings. The van der Waals surface area contributed by atoms with Gasteiger partial charge in [-0.3, -0.25) is 0 Å². The summed E-state index contributed by atoms with van der Waals surface area (Å²) in [6.07, 6.45) is 0. The van der Waals surface area contributed by atoms with Crippen molar-refractivity contribution in [1.29, 1.82) is 0 Å². The number of rotatable bonds is 3. The molecule has 0 bridgehead atoms. The van der Waals surface area contributed by atoms with Crippen molar-refractivity contribution < 1.29 is 0 Å². The summed E-state index contributed by atoms with van der Waals surface area (Å²) in [7, 11) is 2.05. The average Bonchev–Trinajstić information content (AvgIpc) is 2.64. The number of hydrogen-bond donors (Lipinski definition) is 1. The van der Waals surface area contributed by atoms with Crippen LogP contribution in [0.3, 0.4) is 0 Å². The molecule has 0 fully saturated rings. The van der Waals surface area contributed by atoms with E-state index >= 15 is 0 Å². The van der Waals surface area contributed by atoms with Crippen LogP contribution in [0.1, 0.15) is 5.56 Å². The molecule has 0 saturated carbocycles. The summed E-state index contributed by atoms with van der Waals surface area (Å²) in [5, 5.41) is 2.15. The lowest BCUT2D eigenvalue weighted by Gasteiger charge is -2.20. The Kier molecular flexibility index (Phi) is 3.51. The molecule has 1 heterocycles. The maximum atomic E-state index is 5.93. The molecule has 0 aliphatic rings. The van der Waals surface area contributed by atoms with E-state index in [0.29, 0.717) is 0 Å². The Morgan fingerprint density at radius 1 is 1.38 bits per heavy atom. The minimum absolute atomic E-state index is 0.819. The van der Waals surface area contributed by atoms with Crippen molar-refractivity contribution in [1.82, 2.24) is 0 Å². The molecular weight excluding hydrogens is 284 g/mol. The fraction of sp³-hybridized carbons (Fsp3) is 0.167. The van der Waals surface area contributed by atoms with Crippen molar-refractivity contribution in [3.05, 3.63) is 45.1 Å². The second kappa shape index (κ2) is 4.89. The molecule has 2 nitrogen and oxygen atoms in total. The van der Waals surface area contributed by atoms with Gasteiger partial charge in [-0.15, -0.1) is 11.3 Å². The highest BCUT2D eigenvalue weighted by molar-refractivity contribution is 9.11. The molecule has 0 radical (unpaired) electrons. The van der Waals surface area contributed by atoms with Crippen molar-refractivity contribution in [3.63, 3.8) is 0 Å². The molecule has 0 aliphatic carbocycles. The van der Waals surface area contributed by atoms with Crippen molar-refractivity contribution in [3.8, 4) is 0 Å². The van der Waals surface area contributed by atoms with E-state index in [1.54, 1.807) is 11.3 Å². The van der Waals surface area contributed by atoms with E-state index in [9.17, 15) is 0 Å². The number of nitrogen functional groups attached to an aromatic ring is 1. The van der Waals surface area contributed by atoms with Crippen molar-refractivity contribution in [2.45, 2.75) is 6.54 Å². The molecule has 0 atom stereocenters. The van der Waals surface area contributed by atoms with E-state index in [4.69, 9.17) is 5.73 Å². The fourth-order valence-electron chi connectivity index (χ4n) is 1.62. The highest BCUT2D eigenvalue weighted by Crippen LogP contribution is 2.25. The normalized spacial score (nSPS) is 10.4. The Balaban J connectivity index is 2.14. The Morgan fingerprint density at radius 3 is 2.75 bits per heavy atom.